The summed E-state index contributed by atoms with van der Waals surface area (Å²) < 4.78 is 17.1. The first-order chi connectivity index (χ1) is 24.1. The number of carbonyl (C=O) groups is 3. The second kappa shape index (κ2) is 33.2. The van der Waals surface area contributed by atoms with Crippen molar-refractivity contribution < 1.29 is 38.2 Å². The fourth-order valence-corrected chi connectivity index (χ4v) is 5.21. The van der Waals surface area contributed by atoms with Gasteiger partial charge in [-0.1, -0.05) is 120 Å². The topological polar surface area (TPSA) is 99.1 Å². The van der Waals surface area contributed by atoms with E-state index in [0.717, 1.165) is 57.8 Å². The molecule has 0 rings (SSSR count). The second-order valence-corrected chi connectivity index (χ2v) is 13.9. The normalized spacial score (nSPS) is 13.7. The summed E-state index contributed by atoms with van der Waals surface area (Å²) in [5.41, 5.74) is 0. The van der Waals surface area contributed by atoms with Gasteiger partial charge in [-0.3, -0.25) is 9.59 Å². The van der Waals surface area contributed by atoms with Gasteiger partial charge >= 0.3 is 17.9 Å². The molecule has 2 unspecified atom stereocenters. The van der Waals surface area contributed by atoms with Crippen LogP contribution in [0.4, 0.5) is 0 Å². The smallest absolute Gasteiger partial charge is 0.362 e. The molecule has 1 N–H and O–H groups in total. The molecule has 2 atom stereocenters. The minimum absolute atomic E-state index is 0.0377. The van der Waals surface area contributed by atoms with Gasteiger partial charge in [0, 0.05) is 19.3 Å². The Morgan fingerprint density at radius 2 is 1.14 bits per heavy atom. The fourth-order valence-electron chi connectivity index (χ4n) is 5.21. The molecule has 8 nitrogen and oxygen atoms in total. The monoisotopic (exact) mass is 703 g/mol. The highest BCUT2D eigenvalue weighted by atomic mass is 16.6. The van der Waals surface area contributed by atoms with Crippen LogP contribution in [0.5, 0.6) is 0 Å². The van der Waals surface area contributed by atoms with E-state index in [1.165, 1.54) is 38.5 Å². The first-order valence-electron chi connectivity index (χ1n) is 19.4. The van der Waals surface area contributed by atoms with Crippen LogP contribution in [0, 0.1) is 0 Å². The van der Waals surface area contributed by atoms with Crippen molar-refractivity contribution in [2.45, 2.75) is 148 Å². The predicted molar refractivity (Wildman–Crippen MR) is 206 cm³/mol. The van der Waals surface area contributed by atoms with Gasteiger partial charge in [0.2, 0.25) is 0 Å². The number of hydrogen-bond acceptors (Lipinski definition) is 6. The van der Waals surface area contributed by atoms with Crippen molar-refractivity contribution in [2.75, 3.05) is 41.0 Å². The number of unbranched alkanes of at least 4 members (excludes halogenated alkanes) is 12. The van der Waals surface area contributed by atoms with E-state index in [2.05, 4.69) is 38.2 Å². The molecular weight excluding hydrogens is 630 g/mol. The summed E-state index contributed by atoms with van der Waals surface area (Å²) >= 11 is 0. The molecule has 286 valence electrons. The summed E-state index contributed by atoms with van der Waals surface area (Å²) in [6.07, 6.45) is 38.4. The molecule has 0 amide bonds. The first-order valence-corrected chi connectivity index (χ1v) is 19.4. The molecule has 0 spiro atoms. The Balaban J connectivity index is 4.53. The zero-order valence-corrected chi connectivity index (χ0v) is 32.3. The van der Waals surface area contributed by atoms with Gasteiger partial charge in [0.25, 0.3) is 0 Å². The molecule has 0 heterocycles. The molecule has 0 saturated carbocycles. The first kappa shape index (κ1) is 47.0. The average Bonchev–Trinajstić information content (AvgIpc) is 3.06. The molecule has 0 aromatic heterocycles. The van der Waals surface area contributed by atoms with Gasteiger partial charge in [-0.25, -0.2) is 4.79 Å². The average molecular weight is 703 g/mol. The van der Waals surface area contributed by atoms with Gasteiger partial charge in [0.1, 0.15) is 6.61 Å². The lowest BCUT2D eigenvalue weighted by Crippen LogP contribution is -2.50. The quantitative estimate of drug-likeness (QED) is 0.0239. The van der Waals surface area contributed by atoms with Crippen LogP contribution in [0.3, 0.4) is 0 Å². The molecule has 0 aliphatic rings. The van der Waals surface area contributed by atoms with Crippen LogP contribution in [0.2, 0.25) is 0 Å². The van der Waals surface area contributed by atoms with Crippen LogP contribution < -0.4 is 0 Å². The van der Waals surface area contributed by atoms with E-state index in [-0.39, 0.29) is 42.7 Å². The van der Waals surface area contributed by atoms with Crippen LogP contribution in [-0.4, -0.2) is 80.6 Å². The predicted octanol–water partition coefficient (Wildman–Crippen LogP) is 9.85. The number of ether oxygens (including phenoxy) is 3. The standard InChI is InChI=1S/C42H71NO7/c1-6-8-10-12-14-16-18-20-22-24-26-28-30-32-40(44)49-37-38(36-48-35-34-39(42(46)47)43(3,4)5)50-41(45)33-31-29-27-25-23-21-19-17-15-13-11-9-7-2/h9,11,13,15,17,19-23,38-39H,6-8,10,12,14,16,18,24-37H2,1-5H3/p+1/b11-9+,15-13+,19-17+,22-20+,23-21+. The number of aliphatic carboxylic acids is 1. The maximum Gasteiger partial charge on any atom is 0.362 e. The highest BCUT2D eigenvalue weighted by Crippen LogP contribution is 2.12. The van der Waals surface area contributed by atoms with Gasteiger partial charge < -0.3 is 23.8 Å². The third-order valence-corrected chi connectivity index (χ3v) is 8.25. The van der Waals surface area contributed by atoms with Crippen molar-refractivity contribution in [3.05, 3.63) is 60.8 Å². The Labute approximate surface area is 305 Å². The van der Waals surface area contributed by atoms with E-state index in [1.807, 2.05) is 57.6 Å². The zero-order valence-electron chi connectivity index (χ0n) is 32.3. The van der Waals surface area contributed by atoms with E-state index in [4.69, 9.17) is 14.2 Å². The number of quaternary nitrogens is 1. The Bertz CT molecular complexity index is 1010. The minimum atomic E-state index is -0.887. The molecule has 0 bridgehead atoms. The van der Waals surface area contributed by atoms with E-state index in [9.17, 15) is 19.5 Å². The number of carboxylic acids is 1. The van der Waals surface area contributed by atoms with Crippen molar-refractivity contribution in [3.8, 4) is 0 Å². The Hall–Kier alpha value is -2.97. The summed E-state index contributed by atoms with van der Waals surface area (Å²) in [7, 11) is 5.49. The summed E-state index contributed by atoms with van der Waals surface area (Å²) in [5.74, 6) is -1.55. The largest absolute Gasteiger partial charge is 0.477 e. The van der Waals surface area contributed by atoms with Gasteiger partial charge in [-0.2, -0.15) is 0 Å². The number of hydrogen-bond donors (Lipinski definition) is 1. The van der Waals surface area contributed by atoms with Crippen molar-refractivity contribution in [1.29, 1.82) is 0 Å². The van der Waals surface area contributed by atoms with Crippen molar-refractivity contribution in [2.24, 2.45) is 0 Å². The summed E-state index contributed by atoms with van der Waals surface area (Å²) in [6, 6.07) is -0.625. The fraction of sp³-hybridized carbons (Fsp3) is 0.690. The summed E-state index contributed by atoms with van der Waals surface area (Å²) in [6.45, 7) is 4.50. The molecule has 0 fully saturated rings. The van der Waals surface area contributed by atoms with Crippen molar-refractivity contribution in [1.82, 2.24) is 0 Å². The van der Waals surface area contributed by atoms with Gasteiger partial charge in [-0.15, -0.1) is 0 Å². The van der Waals surface area contributed by atoms with E-state index < -0.39 is 18.1 Å². The van der Waals surface area contributed by atoms with E-state index in [1.54, 1.807) is 0 Å². The number of rotatable bonds is 33. The molecule has 0 saturated heterocycles. The van der Waals surface area contributed by atoms with Crippen LogP contribution in [0.1, 0.15) is 136 Å². The molecule has 0 aromatic carbocycles. The summed E-state index contributed by atoms with van der Waals surface area (Å²) in [4.78, 5) is 36.8. The van der Waals surface area contributed by atoms with E-state index >= 15 is 0 Å². The van der Waals surface area contributed by atoms with Gasteiger partial charge in [-0.05, 0) is 57.8 Å². The van der Waals surface area contributed by atoms with Crippen LogP contribution >= 0.6 is 0 Å². The van der Waals surface area contributed by atoms with Crippen LogP contribution in [0.25, 0.3) is 0 Å². The van der Waals surface area contributed by atoms with Gasteiger partial charge in [0.15, 0.2) is 12.1 Å². The third kappa shape index (κ3) is 31.0. The highest BCUT2D eigenvalue weighted by molar-refractivity contribution is 5.72. The van der Waals surface area contributed by atoms with Gasteiger partial charge in [0.05, 0.1) is 34.4 Å². The molecular formula is C42H72NO7+. The number of likely N-dealkylation sites (N-methyl/N-ethyl adjacent to an activating group) is 1. The van der Waals surface area contributed by atoms with Crippen molar-refractivity contribution in [3.63, 3.8) is 0 Å². The lowest BCUT2D eigenvalue weighted by atomic mass is 10.1. The Kier molecular flexibility index (Phi) is 31.2. The highest BCUT2D eigenvalue weighted by Gasteiger charge is 2.31. The number of esters is 2. The zero-order chi connectivity index (χ0) is 37.1. The number of nitrogens with zero attached hydrogens (tertiary/aromatic N) is 1. The van der Waals surface area contributed by atoms with Crippen molar-refractivity contribution >= 4 is 17.9 Å². The third-order valence-electron chi connectivity index (χ3n) is 8.25. The molecule has 0 aliphatic heterocycles. The number of allylic oxidation sites excluding steroid dienone is 10. The van der Waals surface area contributed by atoms with Crippen LogP contribution in [0.15, 0.2) is 60.8 Å². The molecule has 8 heteroatoms. The number of carbonyl (C=O) groups excluding carboxylic acids is 2. The summed E-state index contributed by atoms with van der Waals surface area (Å²) in [5, 5.41) is 9.58. The lowest BCUT2D eigenvalue weighted by Gasteiger charge is -2.31. The van der Waals surface area contributed by atoms with Crippen LogP contribution in [-0.2, 0) is 28.6 Å². The number of carboxylic acid groups (broad SMARTS) is 1. The Morgan fingerprint density at radius 1 is 0.620 bits per heavy atom. The molecule has 0 aliphatic carbocycles. The molecule has 50 heavy (non-hydrogen) atoms. The lowest BCUT2D eigenvalue weighted by molar-refractivity contribution is -0.887. The SMILES string of the molecule is CC/C=C/C=C/C=C/C=C/CCCCCC(=O)OC(COCCC(C(=O)O)[N+](C)(C)C)COC(=O)CCCCC/C=C/CCCCCCCC. The molecule has 0 aromatic rings. The Morgan fingerprint density at radius 3 is 1.72 bits per heavy atom. The minimum Gasteiger partial charge on any atom is -0.477 e. The maximum atomic E-state index is 12.6. The van der Waals surface area contributed by atoms with E-state index in [0.29, 0.717) is 19.3 Å². The molecule has 0 radical (unpaired) electrons. The maximum absolute atomic E-state index is 12.6. The second-order valence-electron chi connectivity index (χ2n) is 13.9.